The average Bonchev–Trinajstić information content (AvgIpc) is 0.723. The van der Waals surface area contributed by atoms with E-state index in [0.717, 1.165) is 12.7 Å². The molecule has 0 amide bonds. The Balaban J connectivity index is 1.05. The van der Waals surface area contributed by atoms with Crippen molar-refractivity contribution in [1.82, 2.24) is 0 Å². The molecule has 5 fully saturated rings. The van der Waals surface area contributed by atoms with E-state index in [9.17, 15) is 35.3 Å². The van der Waals surface area contributed by atoms with Gasteiger partial charge in [0.05, 0.1) is 75.5 Å². The quantitative estimate of drug-likeness (QED) is 0.00953. The Bertz CT molecular complexity index is 4410. The van der Waals surface area contributed by atoms with Crippen molar-refractivity contribution in [3.63, 3.8) is 0 Å². The van der Waals surface area contributed by atoms with Crippen molar-refractivity contribution < 1.29 is 133 Å². The lowest BCUT2D eigenvalue weighted by molar-refractivity contribution is -0.385. The molecule has 6 aromatic rings. The van der Waals surface area contributed by atoms with E-state index >= 15 is 14.4 Å². The third kappa shape index (κ3) is 24.5. The molecular weight excluding hydrogens is 1560 g/mol. The Morgan fingerprint density at radius 3 is 1.39 bits per heavy atom. The van der Waals surface area contributed by atoms with E-state index in [1.807, 2.05) is 60.7 Å². The largest absolute Gasteiger partial charge is 0.481 e. The summed E-state index contributed by atoms with van der Waals surface area (Å²) in [5.41, 5.74) is 22.2. The van der Waals surface area contributed by atoms with Crippen LogP contribution in [0.15, 0.2) is 192 Å². The minimum absolute atomic E-state index is 0.0385. The van der Waals surface area contributed by atoms with Crippen molar-refractivity contribution in [2.24, 2.45) is 21.1 Å². The first-order valence-corrected chi connectivity index (χ1v) is 39.3. The van der Waals surface area contributed by atoms with E-state index in [-0.39, 0.29) is 38.6 Å². The molecule has 34 heteroatoms. The Morgan fingerprint density at radius 1 is 0.475 bits per heavy atom. The SMILES string of the molecule is COC(=O)[C@@H]1O[C@@H](O[C@H]2[C@H](OCc3ccccc3)[C@@H](N=[N+]=[N-])[C@@H](O[C@H]3[C@H](OCc4ccccc4)[C@@H](OC(=O)C(C)(C)C)[C@H](OC(C)C)O[C@H]3C(=O)OCCOC(=O)CCC(=O)O)O[C@@H]2COC(=O)c2ccccc2)[C@H](OC(=O)C(C)(C)C)[C@@H](OCc2ccccc2)[C@@H]1O[C@H]1O[C@@H]2COC(c3ccccc3)O[C@H]2[C@H](OCc2ccccc2)[C@H]1N=[N+]=[N-]. The molecule has 0 bridgehead atoms. The van der Waals surface area contributed by atoms with Crippen molar-refractivity contribution in [2.75, 3.05) is 33.5 Å². The van der Waals surface area contributed by atoms with Gasteiger partial charge in [-0.15, -0.1) is 0 Å². The zero-order chi connectivity index (χ0) is 85.5. The molecule has 6 aromatic carbocycles. The molecule has 0 spiro atoms. The van der Waals surface area contributed by atoms with Gasteiger partial charge in [-0.25, -0.2) is 14.4 Å². The van der Waals surface area contributed by atoms with Gasteiger partial charge in [0.1, 0.15) is 92.9 Å². The molecule has 120 heavy (non-hydrogen) atoms. The maximum absolute atomic E-state index is 15.2. The zero-order valence-corrected chi connectivity index (χ0v) is 67.7. The molecule has 5 aliphatic heterocycles. The zero-order valence-electron chi connectivity index (χ0n) is 67.7. The number of benzene rings is 6. The van der Waals surface area contributed by atoms with Gasteiger partial charge in [-0.05, 0) is 101 Å². The van der Waals surface area contributed by atoms with Gasteiger partial charge in [0.25, 0.3) is 0 Å². The number of ether oxygens (including phenoxy) is 20. The van der Waals surface area contributed by atoms with Gasteiger partial charge in [-0.3, -0.25) is 19.2 Å². The number of esters is 6. The molecule has 1 unspecified atom stereocenters. The maximum atomic E-state index is 15.2. The number of hydrogen-bond donors (Lipinski definition) is 1. The number of aliphatic carboxylic acids is 1. The number of carboxylic acid groups (broad SMARTS) is 1. The van der Waals surface area contributed by atoms with Gasteiger partial charge in [0.15, 0.2) is 55.9 Å². The first kappa shape index (κ1) is 90.4. The second-order valence-electron chi connectivity index (χ2n) is 31.0. The summed E-state index contributed by atoms with van der Waals surface area (Å²) < 4.78 is 132. The van der Waals surface area contributed by atoms with E-state index in [1.165, 1.54) is 12.1 Å². The third-order valence-electron chi connectivity index (χ3n) is 19.7. The molecule has 0 aromatic heterocycles. The standard InChI is InChI=1S/C86H100N6O28/c1-50(2)110-81-73(119-83(99)85(3,4)5)68(107-47-54-34-22-13-23-35-54)70(72(118-81)77(98)103-43-42-102-60(95)41-40-59(93)94)116-79-62(90-92-88)66(105-45-52-30-18-11-19-31-52)64(57(111-79)48-108-75(96)55-36-24-14-25-37-55)114-82-74(120-84(100)86(6,7)8)67(106-46-53-32-20-12-21-33-53)69(71(117-82)76(97)101-9)115-80-61(89-91-87)65(104-44-51-28-16-10-17-29-51)63-58(112-80)49-109-78(113-63)56-38-26-15-27-39-56/h10-39,50,57-58,61-74,78-82H,40-49H2,1-9H3,(H,93,94)/t57-,58-,61-,62-,63-,64-,65-,66-,67+,68+,69+,70+,71-,72-,73-,74-,78?,79-,80-,81-,82-/m1/s1. The number of carboxylic acids is 1. The molecule has 642 valence electrons. The summed E-state index contributed by atoms with van der Waals surface area (Å²) in [7, 11) is 1.07. The summed E-state index contributed by atoms with van der Waals surface area (Å²) in [5, 5.41) is 17.8. The minimum Gasteiger partial charge on any atom is -0.481 e. The van der Waals surface area contributed by atoms with E-state index in [2.05, 4.69) is 20.1 Å². The second kappa shape index (κ2) is 43.2. The van der Waals surface area contributed by atoms with Gasteiger partial charge < -0.3 is 99.8 Å². The minimum atomic E-state index is -2.11. The van der Waals surface area contributed by atoms with Gasteiger partial charge >= 0.3 is 41.8 Å². The van der Waals surface area contributed by atoms with Gasteiger partial charge in [0.2, 0.25) is 0 Å². The highest BCUT2D eigenvalue weighted by molar-refractivity contribution is 5.89. The smallest absolute Gasteiger partial charge is 0.338 e. The van der Waals surface area contributed by atoms with E-state index < -0.39 is 220 Å². The van der Waals surface area contributed by atoms with Crippen molar-refractivity contribution in [1.29, 1.82) is 0 Å². The fraction of sp³-hybridized carbons (Fsp3) is 0.500. The van der Waals surface area contributed by atoms with Crippen LogP contribution in [0.1, 0.15) is 113 Å². The van der Waals surface area contributed by atoms with Gasteiger partial charge in [0, 0.05) is 15.4 Å². The molecule has 34 nitrogen and oxygen atoms in total. The summed E-state index contributed by atoms with van der Waals surface area (Å²) in [6.45, 7) is 9.67. The Kier molecular flexibility index (Phi) is 32.6. The second-order valence-corrected chi connectivity index (χ2v) is 31.0. The topological polar surface area (TPSA) is 422 Å². The highest BCUT2D eigenvalue weighted by Gasteiger charge is 2.62. The van der Waals surface area contributed by atoms with Crippen LogP contribution in [0.4, 0.5) is 0 Å². The van der Waals surface area contributed by atoms with E-state index in [4.69, 9.17) is 94.7 Å². The van der Waals surface area contributed by atoms with Crippen LogP contribution in [-0.2, 0) is 150 Å². The Labute approximate surface area is 692 Å². The van der Waals surface area contributed by atoms with Crippen LogP contribution in [0.5, 0.6) is 0 Å². The lowest BCUT2D eigenvalue weighted by Gasteiger charge is -2.52. The highest BCUT2D eigenvalue weighted by Crippen LogP contribution is 2.44. The van der Waals surface area contributed by atoms with Crippen molar-refractivity contribution in [2.45, 2.75) is 230 Å². The average molecular weight is 1670 g/mol. The molecule has 5 saturated heterocycles. The number of carbonyl (C=O) groups is 7. The maximum Gasteiger partial charge on any atom is 0.338 e. The first-order chi connectivity index (χ1) is 57.8. The number of azide groups is 2. The number of fused-ring (bicyclic) bond motifs is 1. The summed E-state index contributed by atoms with van der Waals surface area (Å²) in [6.07, 6.45) is -33.7. The molecule has 5 heterocycles. The number of nitrogens with zero attached hydrogens (tertiary/aromatic N) is 6. The fourth-order valence-corrected chi connectivity index (χ4v) is 13.6. The van der Waals surface area contributed by atoms with E-state index in [1.54, 1.807) is 165 Å². The van der Waals surface area contributed by atoms with Crippen LogP contribution in [0.2, 0.25) is 0 Å². The monoisotopic (exact) mass is 1660 g/mol. The Morgan fingerprint density at radius 2 is 0.908 bits per heavy atom. The Hall–Kier alpha value is -10.3. The molecule has 11 rings (SSSR count). The number of rotatable bonds is 36. The lowest BCUT2D eigenvalue weighted by Crippen LogP contribution is -2.69. The van der Waals surface area contributed by atoms with Crippen LogP contribution in [0, 0.1) is 10.8 Å². The molecule has 5 aliphatic rings. The normalized spacial score (nSPS) is 28.0. The van der Waals surface area contributed by atoms with Crippen molar-refractivity contribution in [3.05, 3.63) is 236 Å². The third-order valence-corrected chi connectivity index (χ3v) is 19.7. The number of methoxy groups -OCH3 is 1. The first-order valence-electron chi connectivity index (χ1n) is 39.3. The van der Waals surface area contributed by atoms with Crippen LogP contribution < -0.4 is 0 Å². The predicted octanol–water partition coefficient (Wildman–Crippen LogP) is 11.2. The predicted molar refractivity (Wildman–Crippen MR) is 418 cm³/mol. The summed E-state index contributed by atoms with van der Waals surface area (Å²) in [4.78, 5) is 105. The van der Waals surface area contributed by atoms with Crippen molar-refractivity contribution in [3.8, 4) is 0 Å². The van der Waals surface area contributed by atoms with Crippen molar-refractivity contribution >= 4 is 41.8 Å². The van der Waals surface area contributed by atoms with Crippen LogP contribution in [0.25, 0.3) is 20.9 Å². The summed E-state index contributed by atoms with van der Waals surface area (Å²) in [5.74, 6) is -7.12. The van der Waals surface area contributed by atoms with Crippen LogP contribution in [0.3, 0.4) is 0 Å². The van der Waals surface area contributed by atoms with Crippen LogP contribution in [-0.4, -0.2) is 209 Å². The number of hydrogen-bond acceptors (Lipinski definition) is 29. The molecule has 0 saturated carbocycles. The molecule has 21 atom stereocenters. The highest BCUT2D eigenvalue weighted by atomic mass is 16.8. The van der Waals surface area contributed by atoms with Gasteiger partial charge in [-0.1, -0.05) is 180 Å². The molecular formula is C86H100N6O28. The molecule has 0 aliphatic carbocycles. The summed E-state index contributed by atoms with van der Waals surface area (Å²) in [6, 6.07) is 48.9. The fourth-order valence-electron chi connectivity index (χ4n) is 13.6. The molecule has 0 radical (unpaired) electrons. The lowest BCUT2D eigenvalue weighted by atomic mass is 9.93. The summed E-state index contributed by atoms with van der Waals surface area (Å²) >= 11 is 0. The van der Waals surface area contributed by atoms with Crippen LogP contribution >= 0.6 is 0 Å². The number of carbonyl (C=O) groups excluding carboxylic acids is 6. The molecule has 1 N–H and O–H groups in total. The van der Waals surface area contributed by atoms with Gasteiger partial charge in [-0.2, -0.15) is 0 Å². The van der Waals surface area contributed by atoms with E-state index in [0.29, 0.717) is 22.3 Å².